The molecule has 0 aliphatic heterocycles. The molecular formula is C27H27Cl2N3O4. The van der Waals surface area contributed by atoms with Gasteiger partial charge in [-0.3, -0.25) is 9.59 Å². The SMILES string of the molecule is COc1ccc(C(=O)NC(C(=O)N/N=C/c2ccccc2OCc2ccc(Cl)cc2Cl)C(C)C)cc1. The van der Waals surface area contributed by atoms with E-state index in [0.717, 1.165) is 5.56 Å². The van der Waals surface area contributed by atoms with Crippen molar-refractivity contribution in [2.75, 3.05) is 7.11 Å². The Labute approximate surface area is 220 Å². The largest absolute Gasteiger partial charge is 0.497 e. The van der Waals surface area contributed by atoms with Gasteiger partial charge in [0.15, 0.2) is 0 Å². The summed E-state index contributed by atoms with van der Waals surface area (Å²) in [5.41, 5.74) is 4.37. The van der Waals surface area contributed by atoms with Crippen molar-refractivity contribution in [1.82, 2.24) is 10.7 Å². The molecule has 188 valence electrons. The summed E-state index contributed by atoms with van der Waals surface area (Å²) in [5, 5.41) is 7.90. The number of hydrogen-bond acceptors (Lipinski definition) is 5. The minimum absolute atomic E-state index is 0.165. The van der Waals surface area contributed by atoms with Crippen LogP contribution in [0.15, 0.2) is 71.8 Å². The van der Waals surface area contributed by atoms with E-state index in [9.17, 15) is 9.59 Å². The van der Waals surface area contributed by atoms with Crippen molar-refractivity contribution in [3.63, 3.8) is 0 Å². The topological polar surface area (TPSA) is 89.0 Å². The van der Waals surface area contributed by atoms with Crippen molar-refractivity contribution in [2.24, 2.45) is 11.0 Å². The number of hydrazone groups is 1. The van der Waals surface area contributed by atoms with E-state index in [-0.39, 0.29) is 18.4 Å². The summed E-state index contributed by atoms with van der Waals surface area (Å²) in [5.74, 6) is 0.237. The number of carbonyl (C=O) groups is 2. The minimum atomic E-state index is -0.782. The highest BCUT2D eigenvalue weighted by Gasteiger charge is 2.24. The van der Waals surface area contributed by atoms with Gasteiger partial charge >= 0.3 is 0 Å². The highest BCUT2D eigenvalue weighted by atomic mass is 35.5. The smallest absolute Gasteiger partial charge is 0.262 e. The van der Waals surface area contributed by atoms with Crippen molar-refractivity contribution in [1.29, 1.82) is 0 Å². The maximum atomic E-state index is 12.8. The van der Waals surface area contributed by atoms with Gasteiger partial charge in [0.25, 0.3) is 11.8 Å². The standard InChI is InChI=1S/C27H27Cl2N3O4/c1-17(2)25(31-26(33)18-9-12-22(35-3)13-10-18)27(34)32-30-15-19-6-4-5-7-24(19)36-16-20-8-11-21(28)14-23(20)29/h4-15,17,25H,16H2,1-3H3,(H,31,33)(H,32,34)/b30-15+. The van der Waals surface area contributed by atoms with E-state index in [2.05, 4.69) is 15.8 Å². The maximum absolute atomic E-state index is 12.8. The highest BCUT2D eigenvalue weighted by molar-refractivity contribution is 6.35. The number of nitrogens with zero attached hydrogens (tertiary/aromatic N) is 1. The summed E-state index contributed by atoms with van der Waals surface area (Å²) in [6.07, 6.45) is 1.49. The number of methoxy groups -OCH3 is 1. The number of hydrogen-bond donors (Lipinski definition) is 2. The molecule has 0 radical (unpaired) electrons. The number of benzene rings is 3. The molecule has 7 nitrogen and oxygen atoms in total. The van der Waals surface area contributed by atoms with E-state index in [1.54, 1.807) is 61.7 Å². The molecule has 0 bridgehead atoms. The third-order valence-electron chi connectivity index (χ3n) is 5.28. The molecule has 0 heterocycles. The summed E-state index contributed by atoms with van der Waals surface area (Å²) >= 11 is 12.2. The second kappa shape index (κ2) is 13.0. The molecule has 1 unspecified atom stereocenters. The molecule has 0 spiro atoms. The molecule has 36 heavy (non-hydrogen) atoms. The normalized spacial score (nSPS) is 11.8. The molecule has 0 aromatic heterocycles. The van der Waals surface area contributed by atoms with Crippen molar-refractivity contribution in [2.45, 2.75) is 26.5 Å². The van der Waals surface area contributed by atoms with Crippen molar-refractivity contribution in [3.05, 3.63) is 93.5 Å². The molecule has 0 saturated heterocycles. The van der Waals surface area contributed by atoms with Crippen LogP contribution in [-0.4, -0.2) is 31.2 Å². The van der Waals surface area contributed by atoms with Gasteiger partial charge in [0.1, 0.15) is 24.1 Å². The Kier molecular flexibility index (Phi) is 9.73. The number of ether oxygens (including phenoxy) is 2. The lowest BCUT2D eigenvalue weighted by Crippen LogP contribution is -2.48. The Bertz CT molecular complexity index is 1230. The van der Waals surface area contributed by atoms with Gasteiger partial charge in [-0.1, -0.05) is 55.2 Å². The van der Waals surface area contributed by atoms with E-state index < -0.39 is 11.9 Å². The molecule has 3 aromatic carbocycles. The summed E-state index contributed by atoms with van der Waals surface area (Å²) in [4.78, 5) is 25.4. The van der Waals surface area contributed by atoms with Gasteiger partial charge in [0.05, 0.1) is 13.3 Å². The van der Waals surface area contributed by atoms with Gasteiger partial charge in [-0.2, -0.15) is 5.10 Å². The van der Waals surface area contributed by atoms with Gasteiger partial charge < -0.3 is 14.8 Å². The summed E-state index contributed by atoms with van der Waals surface area (Å²) < 4.78 is 11.0. The third kappa shape index (κ3) is 7.47. The maximum Gasteiger partial charge on any atom is 0.262 e. The molecule has 0 aliphatic rings. The molecule has 3 rings (SSSR count). The lowest BCUT2D eigenvalue weighted by Gasteiger charge is -2.20. The van der Waals surface area contributed by atoms with Crippen LogP contribution in [0.3, 0.4) is 0 Å². The number of amides is 2. The second-order valence-corrected chi connectivity index (χ2v) is 9.06. The summed E-state index contributed by atoms with van der Waals surface area (Å²) in [7, 11) is 1.55. The Morgan fingerprint density at radius 3 is 2.42 bits per heavy atom. The lowest BCUT2D eigenvalue weighted by atomic mass is 10.0. The molecule has 0 aliphatic carbocycles. The van der Waals surface area contributed by atoms with Crippen LogP contribution in [0.5, 0.6) is 11.5 Å². The molecule has 2 amide bonds. The van der Waals surface area contributed by atoms with E-state index >= 15 is 0 Å². The van der Waals surface area contributed by atoms with Crippen LogP contribution in [0, 0.1) is 5.92 Å². The number of carbonyl (C=O) groups excluding carboxylic acids is 2. The zero-order valence-electron chi connectivity index (χ0n) is 20.1. The Hall–Kier alpha value is -3.55. The van der Waals surface area contributed by atoms with Crippen LogP contribution in [0.25, 0.3) is 0 Å². The fraction of sp³-hybridized carbons (Fsp3) is 0.222. The van der Waals surface area contributed by atoms with E-state index in [1.807, 2.05) is 26.0 Å². The third-order valence-corrected chi connectivity index (χ3v) is 5.87. The molecule has 3 aromatic rings. The Balaban J connectivity index is 1.63. The minimum Gasteiger partial charge on any atom is -0.497 e. The molecule has 1 atom stereocenters. The van der Waals surface area contributed by atoms with Crippen LogP contribution in [0.2, 0.25) is 10.0 Å². The number of para-hydroxylation sites is 1. The molecule has 9 heteroatoms. The average molecular weight is 528 g/mol. The number of halogens is 2. The Morgan fingerprint density at radius 1 is 1.03 bits per heavy atom. The zero-order chi connectivity index (χ0) is 26.1. The highest BCUT2D eigenvalue weighted by Crippen LogP contribution is 2.24. The van der Waals surface area contributed by atoms with Crippen LogP contribution in [0.1, 0.15) is 35.3 Å². The first kappa shape index (κ1) is 27.0. The van der Waals surface area contributed by atoms with E-state index in [1.165, 1.54) is 6.21 Å². The van der Waals surface area contributed by atoms with Crippen LogP contribution in [0.4, 0.5) is 0 Å². The van der Waals surface area contributed by atoms with Gasteiger partial charge in [-0.25, -0.2) is 5.43 Å². The number of rotatable bonds is 10. The van der Waals surface area contributed by atoms with E-state index in [0.29, 0.717) is 32.7 Å². The molecule has 0 fully saturated rings. The quantitative estimate of drug-likeness (QED) is 0.269. The zero-order valence-corrected chi connectivity index (χ0v) is 21.6. The predicted octanol–water partition coefficient (Wildman–Crippen LogP) is 5.49. The van der Waals surface area contributed by atoms with Crippen LogP contribution < -0.4 is 20.2 Å². The average Bonchev–Trinajstić information content (AvgIpc) is 2.87. The first-order valence-corrected chi connectivity index (χ1v) is 12.0. The van der Waals surface area contributed by atoms with Gasteiger partial charge in [-0.05, 0) is 54.4 Å². The van der Waals surface area contributed by atoms with Crippen molar-refractivity contribution < 1.29 is 19.1 Å². The predicted molar refractivity (Wildman–Crippen MR) is 142 cm³/mol. The van der Waals surface area contributed by atoms with E-state index in [4.69, 9.17) is 32.7 Å². The summed E-state index contributed by atoms with van der Waals surface area (Å²) in [6.45, 7) is 3.92. The first-order chi connectivity index (χ1) is 17.3. The number of nitrogens with one attached hydrogen (secondary N) is 2. The van der Waals surface area contributed by atoms with Crippen molar-refractivity contribution >= 4 is 41.2 Å². The van der Waals surface area contributed by atoms with Crippen molar-refractivity contribution in [3.8, 4) is 11.5 Å². The molecular weight excluding hydrogens is 501 g/mol. The lowest BCUT2D eigenvalue weighted by molar-refractivity contribution is -0.123. The Morgan fingerprint density at radius 2 is 1.75 bits per heavy atom. The summed E-state index contributed by atoms with van der Waals surface area (Å²) in [6, 6.07) is 18.3. The van der Waals surface area contributed by atoms with Crippen LogP contribution in [-0.2, 0) is 11.4 Å². The monoisotopic (exact) mass is 527 g/mol. The second-order valence-electron chi connectivity index (χ2n) is 8.22. The van der Waals surface area contributed by atoms with Gasteiger partial charge in [-0.15, -0.1) is 0 Å². The molecule has 0 saturated carbocycles. The van der Waals surface area contributed by atoms with Gasteiger partial charge in [0.2, 0.25) is 0 Å². The van der Waals surface area contributed by atoms with Crippen LogP contribution >= 0.6 is 23.2 Å². The fourth-order valence-corrected chi connectivity index (χ4v) is 3.71. The molecule has 2 N–H and O–H groups in total. The van der Waals surface area contributed by atoms with Gasteiger partial charge in [0, 0.05) is 26.7 Å². The first-order valence-electron chi connectivity index (χ1n) is 11.2. The fourth-order valence-electron chi connectivity index (χ4n) is 3.25.